The van der Waals surface area contributed by atoms with Gasteiger partial charge in [0.2, 0.25) is 0 Å². The average Bonchev–Trinajstić information content (AvgIpc) is 3.31. The third kappa shape index (κ3) is 16.7. The molecule has 0 unspecified atom stereocenters. The summed E-state index contributed by atoms with van der Waals surface area (Å²) in [4.78, 5) is 0. The van der Waals surface area contributed by atoms with Crippen molar-refractivity contribution in [3.05, 3.63) is 93.3 Å². The molecule has 1 rings (SSSR count). The second-order valence-corrected chi connectivity index (χ2v) is 10.7. The van der Waals surface area contributed by atoms with E-state index in [1.165, 1.54) is 84.8 Å². The van der Waals surface area contributed by atoms with Crippen molar-refractivity contribution in [2.75, 3.05) is 0 Å². The Hall–Kier alpha value is -1.86. The Kier molecular flexibility index (Phi) is 17.3. The van der Waals surface area contributed by atoms with Crippen molar-refractivity contribution in [2.45, 2.75) is 112 Å². The number of hydrogen-bond acceptors (Lipinski definition) is 1. The number of aryl methyl sites for hydroxylation is 1. The topological polar surface area (TPSA) is 0 Å². The molecule has 0 atom stereocenters. The highest BCUT2D eigenvalue weighted by Crippen LogP contribution is 2.16. The van der Waals surface area contributed by atoms with E-state index in [9.17, 15) is 0 Å². The molecule has 188 valence electrons. The maximum atomic E-state index is 3.80. The Morgan fingerprint density at radius 2 is 1.00 bits per heavy atom. The minimum Gasteiger partial charge on any atom is -0.152 e. The van der Waals surface area contributed by atoms with Crippen LogP contribution < -0.4 is 0 Å². The molecule has 0 amide bonds. The van der Waals surface area contributed by atoms with Crippen LogP contribution >= 0.6 is 11.3 Å². The molecule has 0 aliphatic rings. The fourth-order valence-corrected chi connectivity index (χ4v) is 4.65. The first-order valence-corrected chi connectivity index (χ1v) is 14.2. The van der Waals surface area contributed by atoms with Crippen molar-refractivity contribution in [2.24, 2.45) is 0 Å². The highest BCUT2D eigenvalue weighted by Gasteiger charge is 1.96. The molecule has 34 heavy (non-hydrogen) atoms. The molecule has 1 heteroatoms. The van der Waals surface area contributed by atoms with Crippen LogP contribution in [0, 0.1) is 0 Å². The molecule has 0 bridgehead atoms. The molecule has 0 aliphatic heterocycles. The minimum absolute atomic E-state index is 1.09. The Balaban J connectivity index is 2.19. The fraction of sp³-hybridized carbons (Fsp3) is 0.515. The zero-order valence-electron chi connectivity index (χ0n) is 22.8. The van der Waals surface area contributed by atoms with Crippen LogP contribution in [0.4, 0.5) is 0 Å². The van der Waals surface area contributed by atoms with Crippen LogP contribution in [-0.2, 0) is 6.42 Å². The molecule has 1 heterocycles. The van der Waals surface area contributed by atoms with Gasteiger partial charge in [-0.3, -0.25) is 0 Å². The van der Waals surface area contributed by atoms with Crippen molar-refractivity contribution < 1.29 is 0 Å². The maximum absolute atomic E-state index is 3.80. The lowest BCUT2D eigenvalue weighted by Crippen LogP contribution is -1.84. The fourth-order valence-electron chi connectivity index (χ4n) is 3.95. The summed E-state index contributed by atoms with van der Waals surface area (Å²) in [6, 6.07) is 2.24. The number of allylic oxidation sites excluding steroid dienone is 11. The molecule has 0 saturated carbocycles. The lowest BCUT2D eigenvalue weighted by molar-refractivity contribution is 0.885. The molecular weight excluding hydrogens is 428 g/mol. The molecule has 0 radical (unpaired) electrons. The van der Waals surface area contributed by atoms with Gasteiger partial charge < -0.3 is 0 Å². The standard InChI is InChI=1S/C33H50S/c1-7-8-14-28(2)15-9-16-29(3)17-10-18-30(4)19-11-20-31(5)21-12-22-32(6)23-13-24-33-25-26-34-27-33/h7,15,17,19,21,23,25-27H,1,8-14,16,18,20,22,24H2,2-6H3/b28-15+,29-17+,30-19+,31-21+,32-23+. The first-order chi connectivity index (χ1) is 16.4. The Labute approximate surface area is 216 Å². The van der Waals surface area contributed by atoms with E-state index in [1.54, 1.807) is 11.3 Å². The van der Waals surface area contributed by atoms with Crippen LogP contribution in [-0.4, -0.2) is 0 Å². The summed E-state index contributed by atoms with van der Waals surface area (Å²) >= 11 is 1.79. The van der Waals surface area contributed by atoms with Crippen molar-refractivity contribution in [3.63, 3.8) is 0 Å². The van der Waals surface area contributed by atoms with Crippen molar-refractivity contribution in [1.82, 2.24) is 0 Å². The van der Waals surface area contributed by atoms with Gasteiger partial charge in [-0.1, -0.05) is 64.3 Å². The summed E-state index contributed by atoms with van der Waals surface area (Å²) in [6.45, 7) is 15.2. The number of rotatable bonds is 18. The summed E-state index contributed by atoms with van der Waals surface area (Å²) in [5, 5.41) is 4.43. The van der Waals surface area contributed by atoms with Gasteiger partial charge in [-0.25, -0.2) is 0 Å². The molecule has 0 N–H and O–H groups in total. The third-order valence-corrected chi connectivity index (χ3v) is 7.11. The molecule has 0 fully saturated rings. The first-order valence-electron chi connectivity index (χ1n) is 13.3. The smallest absolute Gasteiger partial charge is 0.00611 e. The maximum Gasteiger partial charge on any atom is -0.00611 e. The van der Waals surface area contributed by atoms with Crippen molar-refractivity contribution >= 4 is 11.3 Å². The van der Waals surface area contributed by atoms with Crippen LogP contribution in [0.5, 0.6) is 0 Å². The van der Waals surface area contributed by atoms with Gasteiger partial charge in [0, 0.05) is 0 Å². The van der Waals surface area contributed by atoms with Crippen LogP contribution in [0.1, 0.15) is 111 Å². The first kappa shape index (κ1) is 30.2. The van der Waals surface area contributed by atoms with Gasteiger partial charge in [0.05, 0.1) is 0 Å². The average molecular weight is 479 g/mol. The zero-order chi connectivity index (χ0) is 25.0. The van der Waals surface area contributed by atoms with Gasteiger partial charge in [0.1, 0.15) is 0 Å². The van der Waals surface area contributed by atoms with Crippen LogP contribution in [0.15, 0.2) is 87.7 Å². The summed E-state index contributed by atoms with van der Waals surface area (Å²) in [5.41, 5.74) is 9.07. The molecule has 0 aliphatic carbocycles. The SMILES string of the molecule is C=CCC/C(C)=C/CC/C(C)=C/CC/C(C)=C/CC/C(C)=C/CC/C(C)=C/CCc1ccsc1. The number of hydrogen-bond donors (Lipinski definition) is 0. The van der Waals surface area contributed by atoms with Gasteiger partial charge in [-0.15, -0.1) is 6.58 Å². The minimum atomic E-state index is 1.09. The lowest BCUT2D eigenvalue weighted by atomic mass is 10.0. The largest absolute Gasteiger partial charge is 0.152 e. The summed E-state index contributed by atoms with van der Waals surface area (Å²) in [5.74, 6) is 0. The molecule has 0 spiro atoms. The molecular formula is C33H50S. The highest BCUT2D eigenvalue weighted by atomic mass is 32.1. The predicted octanol–water partition coefficient (Wildman–Crippen LogP) is 11.5. The van der Waals surface area contributed by atoms with E-state index in [0.717, 1.165) is 25.7 Å². The van der Waals surface area contributed by atoms with E-state index < -0.39 is 0 Å². The van der Waals surface area contributed by atoms with Gasteiger partial charge in [-0.05, 0) is 134 Å². The van der Waals surface area contributed by atoms with E-state index >= 15 is 0 Å². The van der Waals surface area contributed by atoms with E-state index in [-0.39, 0.29) is 0 Å². The highest BCUT2D eigenvalue weighted by molar-refractivity contribution is 7.07. The normalized spacial score (nSPS) is 14.1. The summed E-state index contributed by atoms with van der Waals surface area (Å²) in [6.07, 6.45) is 28.1. The second-order valence-electron chi connectivity index (χ2n) is 9.90. The van der Waals surface area contributed by atoms with Crippen LogP contribution in [0.25, 0.3) is 0 Å². The van der Waals surface area contributed by atoms with E-state index in [2.05, 4.69) is 88.4 Å². The molecule has 0 nitrogen and oxygen atoms in total. The summed E-state index contributed by atoms with van der Waals surface area (Å²) in [7, 11) is 0. The molecule has 0 aromatic carbocycles. The zero-order valence-corrected chi connectivity index (χ0v) is 23.6. The lowest BCUT2D eigenvalue weighted by Gasteiger charge is -2.04. The molecule has 1 aromatic heterocycles. The summed E-state index contributed by atoms with van der Waals surface area (Å²) < 4.78 is 0. The van der Waals surface area contributed by atoms with Gasteiger partial charge in [0.25, 0.3) is 0 Å². The van der Waals surface area contributed by atoms with Crippen LogP contribution in [0.2, 0.25) is 0 Å². The monoisotopic (exact) mass is 478 g/mol. The molecule has 1 aromatic rings. The van der Waals surface area contributed by atoms with E-state index in [1.807, 2.05) is 6.08 Å². The number of thiophene rings is 1. The Morgan fingerprint density at radius 3 is 1.35 bits per heavy atom. The third-order valence-electron chi connectivity index (χ3n) is 6.37. The quantitative estimate of drug-likeness (QED) is 0.184. The van der Waals surface area contributed by atoms with Crippen molar-refractivity contribution in [1.29, 1.82) is 0 Å². The predicted molar refractivity (Wildman–Crippen MR) is 158 cm³/mol. The van der Waals surface area contributed by atoms with E-state index in [0.29, 0.717) is 0 Å². The van der Waals surface area contributed by atoms with E-state index in [4.69, 9.17) is 0 Å². The van der Waals surface area contributed by atoms with Gasteiger partial charge in [0.15, 0.2) is 0 Å². The van der Waals surface area contributed by atoms with Crippen LogP contribution in [0.3, 0.4) is 0 Å². The Morgan fingerprint density at radius 1 is 0.618 bits per heavy atom. The van der Waals surface area contributed by atoms with Gasteiger partial charge >= 0.3 is 0 Å². The van der Waals surface area contributed by atoms with Crippen molar-refractivity contribution in [3.8, 4) is 0 Å². The second kappa shape index (κ2) is 19.4. The van der Waals surface area contributed by atoms with Gasteiger partial charge in [-0.2, -0.15) is 11.3 Å². The Bertz CT molecular complexity index is 824. The molecule has 0 saturated heterocycles.